The van der Waals surface area contributed by atoms with E-state index in [2.05, 4.69) is 0 Å². The van der Waals surface area contributed by atoms with Crippen molar-refractivity contribution in [3.8, 4) is 0 Å². The highest BCUT2D eigenvalue weighted by atomic mass is 16.4. The Kier molecular flexibility index (Phi) is 2.32. The van der Waals surface area contributed by atoms with E-state index >= 15 is 0 Å². The molecule has 0 saturated carbocycles. The van der Waals surface area contributed by atoms with Crippen molar-refractivity contribution < 1.29 is 19.8 Å². The Labute approximate surface area is 68.9 Å². The van der Waals surface area contributed by atoms with Crippen molar-refractivity contribution in [1.82, 2.24) is 4.90 Å². The molecule has 2 N–H and O–H groups in total. The van der Waals surface area contributed by atoms with E-state index in [-0.39, 0.29) is 13.0 Å². The molecule has 0 bridgehead atoms. The number of rotatable bonds is 1. The summed E-state index contributed by atoms with van der Waals surface area (Å²) in [6.07, 6.45) is 2.39. The summed E-state index contributed by atoms with van der Waals surface area (Å²) in [4.78, 5) is 21.9. The fraction of sp³-hybridized carbons (Fsp3) is 0.429. The molecule has 12 heavy (non-hydrogen) atoms. The van der Waals surface area contributed by atoms with Crippen LogP contribution in [0.5, 0.6) is 0 Å². The summed E-state index contributed by atoms with van der Waals surface area (Å²) in [5.41, 5.74) is 0. The fourth-order valence-corrected chi connectivity index (χ4v) is 1.11. The van der Waals surface area contributed by atoms with Gasteiger partial charge in [0.1, 0.15) is 6.04 Å². The number of hydrogen-bond acceptors (Lipinski definition) is 2. The molecule has 1 atom stereocenters. The summed E-state index contributed by atoms with van der Waals surface area (Å²) >= 11 is 0. The summed E-state index contributed by atoms with van der Waals surface area (Å²) < 4.78 is 0. The maximum absolute atomic E-state index is 10.5. The topological polar surface area (TPSA) is 77.8 Å². The molecule has 5 nitrogen and oxygen atoms in total. The van der Waals surface area contributed by atoms with Gasteiger partial charge >= 0.3 is 12.1 Å². The number of carbonyl (C=O) groups is 2. The Morgan fingerprint density at radius 2 is 2.00 bits per heavy atom. The van der Waals surface area contributed by atoms with Gasteiger partial charge in [-0.2, -0.15) is 0 Å². The van der Waals surface area contributed by atoms with Crippen LogP contribution in [0.1, 0.15) is 6.42 Å². The van der Waals surface area contributed by atoms with Gasteiger partial charge in [-0.15, -0.1) is 0 Å². The van der Waals surface area contributed by atoms with Crippen LogP contribution in [0.4, 0.5) is 4.79 Å². The van der Waals surface area contributed by atoms with Crippen LogP contribution in [-0.2, 0) is 4.79 Å². The van der Waals surface area contributed by atoms with Gasteiger partial charge in [-0.3, -0.25) is 4.90 Å². The van der Waals surface area contributed by atoms with Crippen LogP contribution in [0, 0.1) is 0 Å². The number of carboxylic acids is 1. The second-order valence-electron chi connectivity index (χ2n) is 2.50. The number of carboxylic acid groups (broad SMARTS) is 2. The van der Waals surface area contributed by atoms with E-state index < -0.39 is 18.1 Å². The van der Waals surface area contributed by atoms with Crippen molar-refractivity contribution in [3.63, 3.8) is 0 Å². The number of nitrogens with zero attached hydrogens (tertiary/aromatic N) is 1. The Bertz CT molecular complexity index is 212. The molecular formula is C7H9NO4. The highest BCUT2D eigenvalue weighted by molar-refractivity contribution is 5.79. The molecule has 0 aliphatic carbocycles. The lowest BCUT2D eigenvalue weighted by molar-refractivity contribution is -0.142. The fourth-order valence-electron chi connectivity index (χ4n) is 1.11. The van der Waals surface area contributed by atoms with Crippen LogP contribution in [0.15, 0.2) is 12.2 Å². The van der Waals surface area contributed by atoms with Crippen molar-refractivity contribution in [2.45, 2.75) is 12.5 Å². The van der Waals surface area contributed by atoms with Crippen LogP contribution >= 0.6 is 0 Å². The summed E-state index contributed by atoms with van der Waals surface area (Å²) in [5.74, 6) is -1.10. The Balaban J connectivity index is 2.76. The van der Waals surface area contributed by atoms with E-state index in [0.29, 0.717) is 0 Å². The third-order valence-electron chi connectivity index (χ3n) is 1.74. The van der Waals surface area contributed by atoms with E-state index in [1.54, 1.807) is 12.2 Å². The van der Waals surface area contributed by atoms with Gasteiger partial charge in [-0.05, 0) is 6.42 Å². The van der Waals surface area contributed by atoms with Crippen molar-refractivity contribution in [1.29, 1.82) is 0 Å². The number of hydrogen-bond donors (Lipinski definition) is 2. The van der Waals surface area contributed by atoms with Gasteiger partial charge in [0.05, 0.1) is 0 Å². The van der Waals surface area contributed by atoms with Crippen LogP contribution in [-0.4, -0.2) is 39.8 Å². The highest BCUT2D eigenvalue weighted by Crippen LogP contribution is 2.11. The van der Waals surface area contributed by atoms with E-state index in [1.165, 1.54) is 0 Å². The quantitative estimate of drug-likeness (QED) is 0.559. The molecule has 5 heteroatoms. The maximum Gasteiger partial charge on any atom is 0.408 e. The molecule has 0 aromatic rings. The predicted molar refractivity (Wildman–Crippen MR) is 39.9 cm³/mol. The maximum atomic E-state index is 10.5. The van der Waals surface area contributed by atoms with E-state index in [1.807, 2.05) is 0 Å². The van der Waals surface area contributed by atoms with Gasteiger partial charge in [0.2, 0.25) is 0 Å². The van der Waals surface area contributed by atoms with E-state index in [9.17, 15) is 9.59 Å². The molecule has 0 saturated heterocycles. The second kappa shape index (κ2) is 3.25. The van der Waals surface area contributed by atoms with Gasteiger partial charge < -0.3 is 10.2 Å². The SMILES string of the molecule is O=C(O)[C@@H]1CC=CCN1C(=O)O. The molecule has 1 amide bonds. The van der Waals surface area contributed by atoms with Gasteiger partial charge in [-0.25, -0.2) is 9.59 Å². The summed E-state index contributed by atoms with van der Waals surface area (Å²) in [5, 5.41) is 17.2. The molecule has 0 fully saturated rings. The standard InChI is InChI=1S/C7H9NO4/c9-6(10)5-3-1-2-4-8(5)7(11)12/h1-2,5H,3-4H2,(H,9,10)(H,11,12)/t5-/m0/s1. The Morgan fingerprint density at radius 1 is 1.33 bits per heavy atom. The third kappa shape index (κ3) is 1.55. The van der Waals surface area contributed by atoms with Crippen LogP contribution < -0.4 is 0 Å². The normalized spacial score (nSPS) is 22.3. The Morgan fingerprint density at radius 3 is 2.42 bits per heavy atom. The van der Waals surface area contributed by atoms with Crippen LogP contribution in [0.2, 0.25) is 0 Å². The lowest BCUT2D eigenvalue weighted by Crippen LogP contribution is -2.45. The first-order valence-electron chi connectivity index (χ1n) is 3.50. The lowest BCUT2D eigenvalue weighted by Gasteiger charge is -2.26. The van der Waals surface area contributed by atoms with Crippen LogP contribution in [0.3, 0.4) is 0 Å². The Hall–Kier alpha value is -1.52. The minimum absolute atomic E-state index is 0.159. The summed E-state index contributed by atoms with van der Waals surface area (Å²) in [7, 11) is 0. The monoisotopic (exact) mass is 171 g/mol. The zero-order chi connectivity index (χ0) is 9.14. The molecule has 66 valence electrons. The van der Waals surface area contributed by atoms with Crippen molar-refractivity contribution in [2.24, 2.45) is 0 Å². The molecule has 0 aromatic carbocycles. The van der Waals surface area contributed by atoms with Gasteiger partial charge in [-0.1, -0.05) is 12.2 Å². The average Bonchev–Trinajstić information content (AvgIpc) is 2.04. The zero-order valence-corrected chi connectivity index (χ0v) is 6.30. The lowest BCUT2D eigenvalue weighted by atomic mass is 10.1. The second-order valence-corrected chi connectivity index (χ2v) is 2.50. The molecule has 1 aliphatic heterocycles. The first-order valence-corrected chi connectivity index (χ1v) is 3.50. The van der Waals surface area contributed by atoms with Gasteiger partial charge in [0.25, 0.3) is 0 Å². The first kappa shape index (κ1) is 8.58. The van der Waals surface area contributed by atoms with Crippen molar-refractivity contribution in [3.05, 3.63) is 12.2 Å². The molecule has 1 rings (SSSR count). The van der Waals surface area contributed by atoms with Crippen LogP contribution in [0.25, 0.3) is 0 Å². The number of amides is 1. The third-order valence-corrected chi connectivity index (χ3v) is 1.74. The molecule has 1 heterocycles. The minimum atomic E-state index is -1.19. The van der Waals surface area contributed by atoms with Crippen molar-refractivity contribution >= 4 is 12.1 Å². The van der Waals surface area contributed by atoms with Crippen molar-refractivity contribution in [2.75, 3.05) is 6.54 Å². The summed E-state index contributed by atoms with van der Waals surface area (Å²) in [6, 6.07) is -0.924. The largest absolute Gasteiger partial charge is 0.480 e. The van der Waals surface area contributed by atoms with E-state index in [4.69, 9.17) is 10.2 Å². The molecule has 0 spiro atoms. The molecule has 0 aromatic heterocycles. The average molecular weight is 171 g/mol. The first-order chi connectivity index (χ1) is 5.63. The molecular weight excluding hydrogens is 162 g/mol. The minimum Gasteiger partial charge on any atom is -0.480 e. The molecule has 0 radical (unpaired) electrons. The number of aliphatic carboxylic acids is 1. The molecule has 1 aliphatic rings. The summed E-state index contributed by atoms with van der Waals surface area (Å²) in [6.45, 7) is 0.159. The van der Waals surface area contributed by atoms with E-state index in [0.717, 1.165) is 4.90 Å². The molecule has 0 unspecified atom stereocenters. The smallest absolute Gasteiger partial charge is 0.408 e. The highest BCUT2D eigenvalue weighted by Gasteiger charge is 2.29. The van der Waals surface area contributed by atoms with Gasteiger partial charge in [0, 0.05) is 6.54 Å². The predicted octanol–water partition coefficient (Wildman–Crippen LogP) is 0.379. The zero-order valence-electron chi connectivity index (χ0n) is 6.30. The van der Waals surface area contributed by atoms with Gasteiger partial charge in [0.15, 0.2) is 0 Å².